The zero-order valence-electron chi connectivity index (χ0n) is 11.8. The molecule has 1 aliphatic rings. The van der Waals surface area contributed by atoms with Crippen molar-refractivity contribution in [3.63, 3.8) is 0 Å². The van der Waals surface area contributed by atoms with Gasteiger partial charge in [-0.3, -0.25) is 0 Å². The summed E-state index contributed by atoms with van der Waals surface area (Å²) in [4.78, 5) is 0. The van der Waals surface area contributed by atoms with E-state index in [0.29, 0.717) is 0 Å². The molecule has 0 fully saturated rings. The highest BCUT2D eigenvalue weighted by atomic mass is 19.4. The van der Waals surface area contributed by atoms with Gasteiger partial charge in [-0.2, -0.15) is 39.5 Å². The van der Waals surface area contributed by atoms with Gasteiger partial charge in [-0.15, -0.1) is 0 Å². The summed E-state index contributed by atoms with van der Waals surface area (Å²) < 4.78 is 118. The van der Waals surface area contributed by atoms with E-state index in [1.54, 1.807) is 0 Å². The number of halogens is 9. The Morgan fingerprint density at radius 1 is 0.833 bits per heavy atom. The van der Waals surface area contributed by atoms with Crippen molar-refractivity contribution in [3.8, 4) is 0 Å². The summed E-state index contributed by atoms with van der Waals surface area (Å²) in [5, 5.41) is 10.1. The van der Waals surface area contributed by atoms with Crippen LogP contribution < -0.4 is 0 Å². The Labute approximate surface area is 130 Å². The van der Waals surface area contributed by atoms with Gasteiger partial charge in [-0.1, -0.05) is 24.3 Å². The van der Waals surface area contributed by atoms with Crippen molar-refractivity contribution in [1.29, 1.82) is 0 Å². The lowest BCUT2D eigenvalue weighted by atomic mass is 9.72. The maximum absolute atomic E-state index is 14.2. The lowest BCUT2D eigenvalue weighted by Gasteiger charge is -2.45. The first-order valence-electron chi connectivity index (χ1n) is 6.71. The minimum atomic E-state index is -7.02. The van der Waals surface area contributed by atoms with Crippen LogP contribution in [0.3, 0.4) is 0 Å². The van der Waals surface area contributed by atoms with E-state index in [1.807, 2.05) is 0 Å². The molecule has 1 aliphatic carbocycles. The number of benzene rings is 1. The molecule has 2 rings (SSSR count). The number of hydrogen-bond acceptors (Lipinski definition) is 1. The molecule has 0 aliphatic heterocycles. The normalized spacial score (nSPS) is 23.1. The molecule has 0 saturated heterocycles. The van der Waals surface area contributed by atoms with Crippen LogP contribution in [0.5, 0.6) is 0 Å². The van der Waals surface area contributed by atoms with Gasteiger partial charge < -0.3 is 5.11 Å². The number of fused-ring (bicyclic) bond motifs is 1. The Balaban J connectivity index is 2.62. The van der Waals surface area contributed by atoms with E-state index in [1.165, 1.54) is 12.1 Å². The maximum atomic E-state index is 14.2. The minimum absolute atomic E-state index is 0.0166. The second-order valence-corrected chi connectivity index (χ2v) is 5.59. The molecular weight excluding hydrogens is 355 g/mol. The van der Waals surface area contributed by atoms with Crippen molar-refractivity contribution in [2.45, 2.75) is 48.8 Å². The first-order valence-corrected chi connectivity index (χ1v) is 6.71. The Morgan fingerprint density at radius 2 is 1.38 bits per heavy atom. The fourth-order valence-electron chi connectivity index (χ4n) is 2.77. The number of aliphatic hydroxyl groups is 1. The summed E-state index contributed by atoms with van der Waals surface area (Å²) in [6.07, 6.45) is -8.18. The van der Waals surface area contributed by atoms with Crippen LogP contribution in [0.4, 0.5) is 39.5 Å². The zero-order chi connectivity index (χ0) is 18.6. The third-order valence-corrected chi connectivity index (χ3v) is 4.11. The third-order valence-electron chi connectivity index (χ3n) is 4.11. The number of rotatable bonds is 3. The predicted octanol–water partition coefficient (Wildman–Crippen LogP) is 4.68. The van der Waals surface area contributed by atoms with Crippen LogP contribution in [0, 0.1) is 0 Å². The van der Waals surface area contributed by atoms with Crippen LogP contribution in [0.2, 0.25) is 0 Å². The van der Waals surface area contributed by atoms with Gasteiger partial charge in [0.15, 0.2) is 5.60 Å². The van der Waals surface area contributed by atoms with Crippen LogP contribution in [0.25, 0.3) is 0 Å². The highest BCUT2D eigenvalue weighted by Gasteiger charge is 2.85. The molecule has 1 aromatic rings. The van der Waals surface area contributed by atoms with Crippen molar-refractivity contribution in [1.82, 2.24) is 0 Å². The molecule has 10 heteroatoms. The fourth-order valence-corrected chi connectivity index (χ4v) is 2.77. The number of aryl methyl sites for hydroxylation is 1. The summed E-state index contributed by atoms with van der Waals surface area (Å²) in [5.74, 6) is -19.9. The van der Waals surface area contributed by atoms with Gasteiger partial charge in [-0.25, -0.2) is 0 Å². The highest BCUT2D eigenvalue weighted by molar-refractivity contribution is 5.37. The third kappa shape index (κ3) is 2.29. The van der Waals surface area contributed by atoms with Crippen molar-refractivity contribution in [3.05, 3.63) is 35.4 Å². The Hall–Kier alpha value is -1.45. The van der Waals surface area contributed by atoms with Gasteiger partial charge in [0, 0.05) is 0 Å². The Morgan fingerprint density at radius 3 is 1.92 bits per heavy atom. The summed E-state index contributed by atoms with van der Waals surface area (Å²) in [6, 6.07) is 4.44. The number of hydrogen-bond donors (Lipinski definition) is 1. The highest BCUT2D eigenvalue weighted by Crippen LogP contribution is 2.60. The monoisotopic (exact) mass is 366 g/mol. The van der Waals surface area contributed by atoms with Crippen molar-refractivity contribution >= 4 is 0 Å². The molecule has 1 aromatic carbocycles. The van der Waals surface area contributed by atoms with Gasteiger partial charge in [0.1, 0.15) is 0 Å². The molecule has 1 nitrogen and oxygen atoms in total. The van der Waals surface area contributed by atoms with Gasteiger partial charge in [0.05, 0.1) is 0 Å². The second-order valence-electron chi connectivity index (χ2n) is 5.59. The van der Waals surface area contributed by atoms with Crippen molar-refractivity contribution in [2.24, 2.45) is 0 Å². The Kier molecular flexibility index (Phi) is 4.15. The van der Waals surface area contributed by atoms with E-state index < -0.39 is 41.5 Å². The summed E-state index contributed by atoms with van der Waals surface area (Å²) >= 11 is 0. The lowest BCUT2D eigenvalue weighted by molar-refractivity contribution is -0.419. The van der Waals surface area contributed by atoms with Crippen molar-refractivity contribution in [2.75, 3.05) is 0 Å². The van der Waals surface area contributed by atoms with E-state index in [0.717, 1.165) is 12.1 Å². The molecule has 1 atom stereocenters. The van der Waals surface area contributed by atoms with Crippen LogP contribution in [-0.4, -0.2) is 29.1 Å². The van der Waals surface area contributed by atoms with E-state index in [4.69, 9.17) is 0 Å². The summed E-state index contributed by atoms with van der Waals surface area (Å²) in [5.41, 5.74) is -4.64. The largest absolute Gasteiger partial charge is 0.460 e. The quantitative estimate of drug-likeness (QED) is 0.771. The average Bonchev–Trinajstić information content (AvgIpc) is 2.46. The molecular formula is C14H11F9O. The molecule has 0 bridgehead atoms. The standard InChI is InChI=1S/C14H11F9O/c15-11(16,12(17,18)13(19,20)14(21,22)23)10(24)7-3-5-8-4-1-2-6-9(8)10/h1-2,4,6,24H,3,5,7H2. The number of alkyl halides is 9. The molecule has 136 valence electrons. The topological polar surface area (TPSA) is 20.2 Å². The van der Waals surface area contributed by atoms with E-state index in [-0.39, 0.29) is 18.4 Å². The molecule has 1 unspecified atom stereocenters. The van der Waals surface area contributed by atoms with Gasteiger partial charge >= 0.3 is 23.9 Å². The molecule has 1 N–H and O–H groups in total. The zero-order valence-corrected chi connectivity index (χ0v) is 11.8. The summed E-state index contributed by atoms with van der Waals surface area (Å²) in [6.45, 7) is 0. The van der Waals surface area contributed by atoms with E-state index in [2.05, 4.69) is 0 Å². The Bertz CT molecular complexity index is 623. The average molecular weight is 366 g/mol. The smallest absolute Gasteiger partial charge is 0.379 e. The van der Waals surface area contributed by atoms with Gasteiger partial charge in [0.25, 0.3) is 0 Å². The minimum Gasteiger partial charge on any atom is -0.379 e. The SMILES string of the molecule is OC1(C(F)(F)C(F)(F)C(F)(F)C(F)(F)F)CCCc2ccccc21. The maximum Gasteiger partial charge on any atom is 0.460 e. The summed E-state index contributed by atoms with van der Waals surface area (Å²) in [7, 11) is 0. The molecule has 24 heavy (non-hydrogen) atoms. The molecule has 0 spiro atoms. The van der Waals surface area contributed by atoms with E-state index >= 15 is 0 Å². The van der Waals surface area contributed by atoms with Crippen molar-refractivity contribution < 1.29 is 44.6 Å². The predicted molar refractivity (Wildman–Crippen MR) is 64.2 cm³/mol. The second kappa shape index (κ2) is 5.27. The molecule has 0 amide bonds. The van der Waals surface area contributed by atoms with Gasteiger partial charge in [-0.05, 0) is 30.4 Å². The van der Waals surface area contributed by atoms with Gasteiger partial charge in [0.2, 0.25) is 0 Å². The first-order chi connectivity index (χ1) is 10.7. The van der Waals surface area contributed by atoms with Crippen LogP contribution in [0.1, 0.15) is 24.0 Å². The van der Waals surface area contributed by atoms with Crippen LogP contribution in [0.15, 0.2) is 24.3 Å². The van der Waals surface area contributed by atoms with E-state index in [9.17, 15) is 44.6 Å². The molecule has 0 saturated carbocycles. The fraction of sp³-hybridized carbons (Fsp3) is 0.571. The first kappa shape index (κ1) is 18.9. The molecule has 0 radical (unpaired) electrons. The van der Waals surface area contributed by atoms with Crippen LogP contribution in [-0.2, 0) is 12.0 Å². The molecule has 0 aromatic heterocycles. The molecule has 0 heterocycles. The lowest BCUT2D eigenvalue weighted by Crippen LogP contribution is -2.67. The van der Waals surface area contributed by atoms with Crippen LogP contribution >= 0.6 is 0 Å².